The summed E-state index contributed by atoms with van der Waals surface area (Å²) in [4.78, 5) is 26.3. The second-order valence-electron chi connectivity index (χ2n) is 6.30. The largest absolute Gasteiger partial charge is 0.352 e. The molecular formula is C17H17FN2O4S3. The van der Waals surface area contributed by atoms with Crippen LogP contribution in [-0.4, -0.2) is 53.5 Å². The van der Waals surface area contributed by atoms with Gasteiger partial charge in [-0.2, -0.15) is 0 Å². The van der Waals surface area contributed by atoms with E-state index in [0.717, 1.165) is 11.8 Å². The molecule has 0 saturated carbocycles. The van der Waals surface area contributed by atoms with E-state index in [1.54, 1.807) is 18.2 Å². The van der Waals surface area contributed by atoms with Crippen molar-refractivity contribution < 1.29 is 22.4 Å². The van der Waals surface area contributed by atoms with Crippen LogP contribution in [0.1, 0.15) is 18.4 Å². The summed E-state index contributed by atoms with van der Waals surface area (Å²) >= 11 is 6.34. The summed E-state index contributed by atoms with van der Waals surface area (Å²) in [5.74, 6) is -0.930. The molecule has 0 aromatic heterocycles. The van der Waals surface area contributed by atoms with Crippen LogP contribution in [-0.2, 0) is 19.4 Å². The number of thioether (sulfide) groups is 1. The van der Waals surface area contributed by atoms with Crippen LogP contribution in [0.2, 0.25) is 0 Å². The van der Waals surface area contributed by atoms with Crippen LogP contribution in [0.5, 0.6) is 0 Å². The Balaban J connectivity index is 1.56. The van der Waals surface area contributed by atoms with Gasteiger partial charge in [-0.25, -0.2) is 12.8 Å². The Kier molecular flexibility index (Phi) is 5.97. The van der Waals surface area contributed by atoms with Crippen molar-refractivity contribution in [3.8, 4) is 0 Å². The van der Waals surface area contributed by atoms with Gasteiger partial charge in [0.15, 0.2) is 9.84 Å². The second-order valence-corrected chi connectivity index (χ2v) is 10.2. The minimum Gasteiger partial charge on any atom is -0.352 e. The molecule has 0 unspecified atom stereocenters. The summed E-state index contributed by atoms with van der Waals surface area (Å²) in [5, 5.41) is 2.69. The van der Waals surface area contributed by atoms with Gasteiger partial charge in [0.1, 0.15) is 10.1 Å². The number of carbonyl (C=O) groups excluding carboxylic acids is 2. The Bertz CT molecular complexity index is 913. The first kappa shape index (κ1) is 20.0. The second kappa shape index (κ2) is 8.07. The molecule has 1 atom stereocenters. The van der Waals surface area contributed by atoms with E-state index in [9.17, 15) is 22.4 Å². The maximum atomic E-state index is 13.0. The van der Waals surface area contributed by atoms with Crippen molar-refractivity contribution in [3.63, 3.8) is 0 Å². The van der Waals surface area contributed by atoms with Gasteiger partial charge >= 0.3 is 0 Å². The van der Waals surface area contributed by atoms with E-state index in [2.05, 4.69) is 5.32 Å². The molecule has 2 aliphatic heterocycles. The van der Waals surface area contributed by atoms with E-state index in [4.69, 9.17) is 12.2 Å². The summed E-state index contributed by atoms with van der Waals surface area (Å²) in [6.45, 7) is 0.122. The number of thiocarbonyl (C=S) groups is 1. The third kappa shape index (κ3) is 5.14. The smallest absolute Gasteiger partial charge is 0.266 e. The van der Waals surface area contributed by atoms with E-state index in [1.807, 2.05) is 0 Å². The van der Waals surface area contributed by atoms with Gasteiger partial charge in [-0.3, -0.25) is 14.5 Å². The van der Waals surface area contributed by atoms with E-state index in [1.165, 1.54) is 17.0 Å². The van der Waals surface area contributed by atoms with Gasteiger partial charge in [0.05, 0.1) is 16.4 Å². The van der Waals surface area contributed by atoms with Crippen molar-refractivity contribution in [2.75, 3.05) is 18.1 Å². The van der Waals surface area contributed by atoms with Crippen molar-refractivity contribution in [2.45, 2.75) is 18.9 Å². The molecule has 1 aromatic rings. The third-order valence-corrected chi connectivity index (χ3v) is 7.35. The van der Waals surface area contributed by atoms with Crippen LogP contribution in [0.15, 0.2) is 29.2 Å². The normalized spacial score (nSPS) is 23.2. The summed E-state index contributed by atoms with van der Waals surface area (Å²) in [7, 11) is -3.06. The van der Waals surface area contributed by atoms with E-state index < -0.39 is 9.84 Å². The molecule has 2 fully saturated rings. The summed E-state index contributed by atoms with van der Waals surface area (Å²) < 4.78 is 36.2. The third-order valence-electron chi connectivity index (χ3n) is 4.20. The fourth-order valence-corrected chi connectivity index (χ4v) is 5.81. The molecule has 2 amide bonds. The molecule has 1 N–H and O–H groups in total. The lowest BCUT2D eigenvalue weighted by Gasteiger charge is -2.15. The lowest BCUT2D eigenvalue weighted by molar-refractivity contribution is -0.124. The van der Waals surface area contributed by atoms with E-state index in [0.29, 0.717) is 21.2 Å². The molecule has 2 heterocycles. The number of carbonyl (C=O) groups is 2. The van der Waals surface area contributed by atoms with Gasteiger partial charge in [0.2, 0.25) is 5.91 Å². The van der Waals surface area contributed by atoms with Gasteiger partial charge < -0.3 is 5.32 Å². The van der Waals surface area contributed by atoms with Crippen LogP contribution < -0.4 is 5.32 Å². The Morgan fingerprint density at radius 3 is 2.70 bits per heavy atom. The van der Waals surface area contributed by atoms with Crippen LogP contribution in [0.25, 0.3) is 6.08 Å². The highest BCUT2D eigenvalue weighted by Crippen LogP contribution is 2.32. The van der Waals surface area contributed by atoms with E-state index in [-0.39, 0.29) is 48.1 Å². The maximum absolute atomic E-state index is 13.0. The highest BCUT2D eigenvalue weighted by atomic mass is 32.2. The van der Waals surface area contributed by atoms with Gasteiger partial charge in [0, 0.05) is 19.0 Å². The van der Waals surface area contributed by atoms with Crippen molar-refractivity contribution in [2.24, 2.45) is 0 Å². The number of halogens is 1. The molecule has 3 rings (SSSR count). The molecule has 27 heavy (non-hydrogen) atoms. The first-order valence-corrected chi connectivity index (χ1v) is 11.3. The molecule has 0 spiro atoms. The number of hydrogen-bond acceptors (Lipinski definition) is 6. The zero-order chi connectivity index (χ0) is 19.6. The van der Waals surface area contributed by atoms with Crippen molar-refractivity contribution >= 4 is 56.0 Å². The molecule has 144 valence electrons. The number of sulfone groups is 1. The minimum atomic E-state index is -3.06. The molecule has 0 aliphatic carbocycles. The zero-order valence-electron chi connectivity index (χ0n) is 14.2. The molecular weight excluding hydrogens is 411 g/mol. The topological polar surface area (TPSA) is 83.6 Å². The van der Waals surface area contributed by atoms with Crippen molar-refractivity contribution in [3.05, 3.63) is 40.6 Å². The molecule has 10 heteroatoms. The van der Waals surface area contributed by atoms with Crippen LogP contribution in [0.3, 0.4) is 0 Å². The van der Waals surface area contributed by atoms with Crippen molar-refractivity contribution in [1.82, 2.24) is 10.2 Å². The number of nitrogens with zero attached hydrogens (tertiary/aromatic N) is 1. The molecule has 2 aliphatic rings. The van der Waals surface area contributed by atoms with Gasteiger partial charge in [-0.15, -0.1) is 0 Å². The Morgan fingerprint density at radius 2 is 2.07 bits per heavy atom. The summed E-state index contributed by atoms with van der Waals surface area (Å²) in [5.41, 5.74) is 0.678. The SMILES string of the molecule is O=C(CCN1C(=O)/C(=C\c2ccc(F)cc2)SC1=S)N[C@@H]1CCS(=O)(=O)C1. The number of amides is 2. The Morgan fingerprint density at radius 1 is 1.37 bits per heavy atom. The maximum Gasteiger partial charge on any atom is 0.266 e. The lowest BCUT2D eigenvalue weighted by atomic mass is 10.2. The first-order valence-electron chi connectivity index (χ1n) is 8.24. The molecule has 0 bridgehead atoms. The highest BCUT2D eigenvalue weighted by molar-refractivity contribution is 8.26. The van der Waals surface area contributed by atoms with Gasteiger partial charge in [-0.05, 0) is 30.2 Å². The van der Waals surface area contributed by atoms with Crippen molar-refractivity contribution in [1.29, 1.82) is 0 Å². The lowest BCUT2D eigenvalue weighted by Crippen LogP contribution is -2.38. The fourth-order valence-electron chi connectivity index (χ4n) is 2.83. The Hall–Kier alpha value is -1.78. The average molecular weight is 429 g/mol. The fraction of sp³-hybridized carbons (Fsp3) is 0.353. The van der Waals surface area contributed by atoms with Crippen LogP contribution in [0, 0.1) is 5.82 Å². The summed E-state index contributed by atoms with van der Waals surface area (Å²) in [6.07, 6.45) is 2.07. The monoisotopic (exact) mass is 428 g/mol. The predicted molar refractivity (Wildman–Crippen MR) is 106 cm³/mol. The number of nitrogens with one attached hydrogen (secondary N) is 1. The number of hydrogen-bond donors (Lipinski definition) is 1. The molecule has 1 aromatic carbocycles. The van der Waals surface area contributed by atoms with Crippen LogP contribution in [0.4, 0.5) is 4.39 Å². The quantitative estimate of drug-likeness (QED) is 0.568. The van der Waals surface area contributed by atoms with E-state index >= 15 is 0 Å². The molecule has 0 radical (unpaired) electrons. The molecule has 6 nitrogen and oxygen atoms in total. The number of rotatable bonds is 5. The number of benzene rings is 1. The Labute approximate surface area is 166 Å². The minimum absolute atomic E-state index is 0.0345. The first-order chi connectivity index (χ1) is 12.7. The van der Waals surface area contributed by atoms with Gasteiger partial charge in [-0.1, -0.05) is 36.1 Å². The predicted octanol–water partition coefficient (Wildman–Crippen LogP) is 1.72. The van der Waals surface area contributed by atoms with Crippen LogP contribution >= 0.6 is 24.0 Å². The highest BCUT2D eigenvalue weighted by Gasteiger charge is 2.33. The molecule has 2 saturated heterocycles. The summed E-state index contributed by atoms with van der Waals surface area (Å²) in [6, 6.07) is 5.36. The van der Waals surface area contributed by atoms with Gasteiger partial charge in [0.25, 0.3) is 5.91 Å². The zero-order valence-corrected chi connectivity index (χ0v) is 16.6. The average Bonchev–Trinajstić information content (AvgIpc) is 3.07. The standard InChI is InChI=1S/C17H17FN2O4S3/c18-12-3-1-11(2-4-12)9-14-16(22)20(17(25)26-14)7-5-15(21)19-13-6-8-27(23,24)10-13/h1-4,9,13H,5-8,10H2,(H,19,21)/b14-9+/t13-/m1/s1.